The molecule has 4 aromatic carbocycles. The van der Waals surface area contributed by atoms with E-state index in [2.05, 4.69) is 4.98 Å². The van der Waals surface area contributed by atoms with Crippen LogP contribution in [0.5, 0.6) is 11.5 Å². The Balaban J connectivity index is 1.54. The van der Waals surface area contributed by atoms with Gasteiger partial charge in [-0.2, -0.15) is 0 Å². The average molecular weight is 505 g/mol. The third-order valence-electron chi connectivity index (χ3n) is 6.53. The standard InChI is InChI=1S/C31H21FN2O4/c32-20-9-7-10-21(17-20)34-28(19-8-6-13-23(16-19)38-22-11-2-1-3-12-22)27(30(36)31(34)37)29(35)25-18-33-26-15-5-4-14-24(25)26/h1-18,28,33,35H/b29-27-. The summed E-state index contributed by atoms with van der Waals surface area (Å²) in [6, 6.07) is 27.9. The molecule has 5 aromatic rings. The number of para-hydroxylation sites is 2. The number of H-pyrrole nitrogens is 1. The number of hydrogen-bond donors (Lipinski definition) is 2. The largest absolute Gasteiger partial charge is 0.507 e. The molecule has 6 rings (SSSR count). The monoisotopic (exact) mass is 504 g/mol. The summed E-state index contributed by atoms with van der Waals surface area (Å²) in [5.74, 6) is -1.51. The molecule has 0 bridgehead atoms. The van der Waals surface area contributed by atoms with Gasteiger partial charge < -0.3 is 14.8 Å². The maximum atomic E-state index is 14.2. The molecule has 6 nitrogen and oxygen atoms in total. The number of aliphatic hydroxyl groups excluding tert-OH is 1. The number of ether oxygens (including phenoxy) is 1. The van der Waals surface area contributed by atoms with E-state index in [9.17, 15) is 19.1 Å². The molecule has 1 aliphatic rings. The molecule has 1 aromatic heterocycles. The van der Waals surface area contributed by atoms with Crippen LogP contribution in [-0.4, -0.2) is 21.8 Å². The van der Waals surface area contributed by atoms with Crippen LogP contribution in [-0.2, 0) is 9.59 Å². The normalized spacial score (nSPS) is 16.8. The Morgan fingerprint density at radius 3 is 2.39 bits per heavy atom. The number of rotatable bonds is 5. The zero-order valence-electron chi connectivity index (χ0n) is 20.0. The average Bonchev–Trinajstić information content (AvgIpc) is 3.48. The summed E-state index contributed by atoms with van der Waals surface area (Å²) in [7, 11) is 0. The van der Waals surface area contributed by atoms with Gasteiger partial charge in [0.2, 0.25) is 0 Å². The maximum Gasteiger partial charge on any atom is 0.300 e. The minimum absolute atomic E-state index is 0.0964. The Morgan fingerprint density at radius 2 is 1.58 bits per heavy atom. The van der Waals surface area contributed by atoms with E-state index in [0.717, 1.165) is 5.52 Å². The number of fused-ring (bicyclic) bond motifs is 1. The number of carbonyl (C=O) groups is 2. The van der Waals surface area contributed by atoms with E-state index in [1.807, 2.05) is 54.6 Å². The van der Waals surface area contributed by atoms with Crippen LogP contribution in [0.3, 0.4) is 0 Å². The first kappa shape index (κ1) is 23.2. The number of benzene rings is 4. The second-order valence-electron chi connectivity index (χ2n) is 8.88. The maximum absolute atomic E-state index is 14.2. The van der Waals surface area contributed by atoms with E-state index in [4.69, 9.17) is 4.74 Å². The third-order valence-corrected chi connectivity index (χ3v) is 6.53. The molecule has 2 N–H and O–H groups in total. The Labute approximate surface area is 217 Å². The Kier molecular flexibility index (Phi) is 5.73. The molecule has 1 unspecified atom stereocenters. The van der Waals surface area contributed by atoms with Gasteiger partial charge in [-0.1, -0.05) is 54.6 Å². The molecule has 186 valence electrons. The van der Waals surface area contributed by atoms with Crippen molar-refractivity contribution in [1.29, 1.82) is 0 Å². The van der Waals surface area contributed by atoms with E-state index in [1.165, 1.54) is 23.1 Å². The highest BCUT2D eigenvalue weighted by atomic mass is 19.1. The summed E-state index contributed by atoms with van der Waals surface area (Å²) in [6.07, 6.45) is 1.60. The molecule has 0 spiro atoms. The molecule has 1 aliphatic heterocycles. The van der Waals surface area contributed by atoms with Crippen LogP contribution in [0.2, 0.25) is 0 Å². The molecule has 1 amide bonds. The molecular formula is C31H21FN2O4. The number of hydrogen-bond acceptors (Lipinski definition) is 4. The molecule has 38 heavy (non-hydrogen) atoms. The fourth-order valence-corrected chi connectivity index (χ4v) is 4.83. The molecule has 1 saturated heterocycles. The van der Waals surface area contributed by atoms with Crippen molar-refractivity contribution in [2.24, 2.45) is 0 Å². The zero-order valence-corrected chi connectivity index (χ0v) is 20.0. The quantitative estimate of drug-likeness (QED) is 0.158. The molecule has 0 radical (unpaired) electrons. The Bertz CT molecular complexity index is 1720. The van der Waals surface area contributed by atoms with Gasteiger partial charge in [0.15, 0.2) is 0 Å². The fraction of sp³-hybridized carbons (Fsp3) is 0.0323. The highest BCUT2D eigenvalue weighted by Gasteiger charge is 2.47. The van der Waals surface area contributed by atoms with Crippen LogP contribution in [0, 0.1) is 5.82 Å². The minimum Gasteiger partial charge on any atom is -0.507 e. The van der Waals surface area contributed by atoms with E-state index in [0.29, 0.717) is 28.0 Å². The summed E-state index contributed by atoms with van der Waals surface area (Å²) in [5, 5.41) is 12.2. The number of aromatic nitrogens is 1. The first-order chi connectivity index (χ1) is 18.5. The van der Waals surface area contributed by atoms with Gasteiger partial charge in [-0.3, -0.25) is 14.5 Å². The number of ketones is 1. The summed E-state index contributed by atoms with van der Waals surface area (Å²) >= 11 is 0. The summed E-state index contributed by atoms with van der Waals surface area (Å²) < 4.78 is 20.2. The number of aromatic amines is 1. The molecule has 2 heterocycles. The van der Waals surface area contributed by atoms with Crippen LogP contribution in [0.15, 0.2) is 115 Å². The number of nitrogens with one attached hydrogen (secondary N) is 1. The topological polar surface area (TPSA) is 82.6 Å². The lowest BCUT2D eigenvalue weighted by Gasteiger charge is -2.25. The van der Waals surface area contributed by atoms with Crippen LogP contribution >= 0.6 is 0 Å². The SMILES string of the molecule is O=C1C(=O)N(c2cccc(F)c2)C(c2cccc(Oc3ccccc3)c2)/C1=C(/O)c1c[nH]c2ccccc12. The van der Waals surface area contributed by atoms with Gasteiger partial charge in [-0.25, -0.2) is 4.39 Å². The molecule has 0 saturated carbocycles. The number of amides is 1. The van der Waals surface area contributed by atoms with Gasteiger partial charge in [-0.15, -0.1) is 0 Å². The number of Topliss-reactive ketones (excluding diaryl/α,β-unsaturated/α-hetero) is 1. The van der Waals surface area contributed by atoms with Crippen molar-refractivity contribution in [2.45, 2.75) is 6.04 Å². The predicted molar refractivity (Wildman–Crippen MR) is 142 cm³/mol. The zero-order chi connectivity index (χ0) is 26.2. The first-order valence-electron chi connectivity index (χ1n) is 12.0. The van der Waals surface area contributed by atoms with Gasteiger partial charge in [0.1, 0.15) is 23.1 Å². The highest BCUT2D eigenvalue weighted by Crippen LogP contribution is 2.44. The number of aliphatic hydroxyl groups is 1. The van der Waals surface area contributed by atoms with Crippen molar-refractivity contribution >= 4 is 34.0 Å². The number of anilines is 1. The van der Waals surface area contributed by atoms with Crippen molar-refractivity contribution < 1.29 is 23.8 Å². The van der Waals surface area contributed by atoms with Gasteiger partial charge in [-0.05, 0) is 54.1 Å². The van der Waals surface area contributed by atoms with Gasteiger partial charge >= 0.3 is 0 Å². The van der Waals surface area contributed by atoms with E-state index in [-0.39, 0.29) is 17.0 Å². The molecule has 7 heteroatoms. The van der Waals surface area contributed by atoms with E-state index < -0.39 is 23.5 Å². The van der Waals surface area contributed by atoms with Crippen molar-refractivity contribution in [1.82, 2.24) is 4.98 Å². The Hall–Kier alpha value is -5.17. The van der Waals surface area contributed by atoms with Gasteiger partial charge in [0, 0.05) is 28.4 Å². The second-order valence-corrected chi connectivity index (χ2v) is 8.88. The number of nitrogens with zero attached hydrogens (tertiary/aromatic N) is 1. The lowest BCUT2D eigenvalue weighted by atomic mass is 9.94. The molecule has 1 atom stereocenters. The van der Waals surface area contributed by atoms with Crippen molar-refractivity contribution in [3.05, 3.63) is 132 Å². The highest BCUT2D eigenvalue weighted by molar-refractivity contribution is 6.51. The summed E-state index contributed by atoms with van der Waals surface area (Å²) in [6.45, 7) is 0. The Morgan fingerprint density at radius 1 is 0.842 bits per heavy atom. The lowest BCUT2D eigenvalue weighted by molar-refractivity contribution is -0.132. The molecular weight excluding hydrogens is 483 g/mol. The lowest BCUT2D eigenvalue weighted by Crippen LogP contribution is -2.29. The summed E-state index contributed by atoms with van der Waals surface area (Å²) in [5.41, 5.74) is 1.77. The van der Waals surface area contributed by atoms with Crippen molar-refractivity contribution in [3.63, 3.8) is 0 Å². The first-order valence-corrected chi connectivity index (χ1v) is 12.0. The smallest absolute Gasteiger partial charge is 0.300 e. The van der Waals surface area contributed by atoms with Crippen LogP contribution in [0.1, 0.15) is 17.2 Å². The van der Waals surface area contributed by atoms with Gasteiger partial charge in [0.05, 0.1) is 11.6 Å². The molecule has 1 fully saturated rings. The van der Waals surface area contributed by atoms with Gasteiger partial charge in [0.25, 0.3) is 11.7 Å². The third kappa shape index (κ3) is 4.00. The van der Waals surface area contributed by atoms with Crippen molar-refractivity contribution in [2.75, 3.05) is 4.90 Å². The molecule has 0 aliphatic carbocycles. The van der Waals surface area contributed by atoms with Crippen molar-refractivity contribution in [3.8, 4) is 11.5 Å². The predicted octanol–water partition coefficient (Wildman–Crippen LogP) is 6.73. The summed E-state index contributed by atoms with van der Waals surface area (Å²) in [4.78, 5) is 31.2. The van der Waals surface area contributed by atoms with E-state index in [1.54, 1.807) is 36.5 Å². The van der Waals surface area contributed by atoms with E-state index >= 15 is 0 Å². The second kappa shape index (κ2) is 9.37. The fourth-order valence-electron chi connectivity index (χ4n) is 4.83. The van der Waals surface area contributed by atoms with Crippen LogP contribution < -0.4 is 9.64 Å². The minimum atomic E-state index is -1.02. The number of halogens is 1. The van der Waals surface area contributed by atoms with Crippen LogP contribution in [0.4, 0.5) is 10.1 Å². The van der Waals surface area contributed by atoms with Crippen LogP contribution in [0.25, 0.3) is 16.7 Å². The number of carbonyl (C=O) groups excluding carboxylic acids is 2.